The summed E-state index contributed by atoms with van der Waals surface area (Å²) >= 11 is 0. The van der Waals surface area contributed by atoms with E-state index >= 15 is 0 Å². The zero-order valence-electron chi connectivity index (χ0n) is 13.0. The van der Waals surface area contributed by atoms with Crippen molar-refractivity contribution in [2.45, 2.75) is 6.54 Å². The van der Waals surface area contributed by atoms with Gasteiger partial charge in [-0.2, -0.15) is 0 Å². The molecule has 0 atom stereocenters. The number of urea groups is 1. The average molecular weight is 339 g/mol. The first-order valence-electron chi connectivity index (χ1n) is 7.37. The first kappa shape index (κ1) is 16.3. The van der Waals surface area contributed by atoms with Crippen LogP contribution in [0.3, 0.4) is 0 Å². The number of rotatable bonds is 4. The molecule has 3 amide bonds. The van der Waals surface area contributed by atoms with Crippen LogP contribution in [0.2, 0.25) is 0 Å². The molecule has 0 spiro atoms. The van der Waals surface area contributed by atoms with Crippen molar-refractivity contribution < 1.29 is 14.0 Å². The minimum atomic E-state index is -0.673. The van der Waals surface area contributed by atoms with E-state index in [1.807, 2.05) is 0 Å². The molecule has 0 unspecified atom stereocenters. The number of hydrogen-bond acceptors (Lipinski definition) is 4. The van der Waals surface area contributed by atoms with E-state index < -0.39 is 17.8 Å². The van der Waals surface area contributed by atoms with Crippen LogP contribution in [0.1, 0.15) is 15.9 Å². The number of carbonyl (C=O) groups is 2. The molecule has 3 rings (SSSR count). The van der Waals surface area contributed by atoms with Crippen molar-refractivity contribution in [2.24, 2.45) is 5.73 Å². The molecule has 3 aromatic rings. The number of primary amides is 1. The maximum Gasteiger partial charge on any atom is 0.312 e. The molecule has 0 radical (unpaired) electrons. The van der Waals surface area contributed by atoms with Gasteiger partial charge in [-0.05, 0) is 23.8 Å². The molecule has 4 N–H and O–H groups in total. The third-order valence-electron chi connectivity index (χ3n) is 3.48. The normalized spacial score (nSPS) is 10.4. The number of halogens is 1. The summed E-state index contributed by atoms with van der Waals surface area (Å²) in [5.41, 5.74) is 7.00. The smallest absolute Gasteiger partial charge is 0.312 e. The van der Waals surface area contributed by atoms with Crippen LogP contribution in [0.4, 0.5) is 14.9 Å². The van der Waals surface area contributed by atoms with Crippen molar-refractivity contribution >= 4 is 28.7 Å². The van der Waals surface area contributed by atoms with Crippen LogP contribution in [0, 0.1) is 5.82 Å². The Morgan fingerprint density at radius 2 is 1.68 bits per heavy atom. The Labute approximate surface area is 142 Å². The van der Waals surface area contributed by atoms with Gasteiger partial charge in [-0.3, -0.25) is 14.8 Å². The van der Waals surface area contributed by atoms with Gasteiger partial charge in [-0.25, -0.2) is 9.18 Å². The average Bonchev–Trinajstić information content (AvgIpc) is 2.60. The lowest BCUT2D eigenvalue weighted by Crippen LogP contribution is -2.28. The molecule has 2 aromatic carbocycles. The number of nitrogens with zero attached hydrogens (tertiary/aromatic N) is 2. The van der Waals surface area contributed by atoms with E-state index in [0.29, 0.717) is 16.7 Å². The lowest BCUT2D eigenvalue weighted by molar-refractivity contribution is 0.102. The maximum atomic E-state index is 14.1. The fraction of sp³-hybridized carbons (Fsp3) is 0.0588. The van der Waals surface area contributed by atoms with Crippen LogP contribution in [-0.2, 0) is 6.54 Å². The molecule has 0 saturated carbocycles. The van der Waals surface area contributed by atoms with E-state index in [2.05, 4.69) is 20.6 Å². The highest BCUT2D eigenvalue weighted by molar-refractivity contribution is 6.06. The van der Waals surface area contributed by atoms with Gasteiger partial charge < -0.3 is 16.4 Å². The van der Waals surface area contributed by atoms with Gasteiger partial charge in [0, 0.05) is 30.7 Å². The Balaban J connectivity index is 1.76. The Hall–Kier alpha value is -3.55. The SMILES string of the molecule is NC(=O)NCc1ccc(NC(=O)c2cc3nccnc3cc2F)cc1. The second-order valence-corrected chi connectivity index (χ2v) is 5.25. The number of carbonyl (C=O) groups excluding carboxylic acids is 2. The molecule has 1 heterocycles. The van der Waals surface area contributed by atoms with Gasteiger partial charge >= 0.3 is 6.03 Å². The molecule has 126 valence electrons. The summed E-state index contributed by atoms with van der Waals surface area (Å²) < 4.78 is 14.1. The Kier molecular flexibility index (Phi) is 4.51. The number of anilines is 1. The van der Waals surface area contributed by atoms with Crippen molar-refractivity contribution in [3.05, 3.63) is 65.7 Å². The van der Waals surface area contributed by atoms with Crippen molar-refractivity contribution in [1.82, 2.24) is 15.3 Å². The highest BCUT2D eigenvalue weighted by atomic mass is 19.1. The van der Waals surface area contributed by atoms with Crippen molar-refractivity contribution in [1.29, 1.82) is 0 Å². The maximum absolute atomic E-state index is 14.1. The topological polar surface area (TPSA) is 110 Å². The van der Waals surface area contributed by atoms with Gasteiger partial charge in [0.15, 0.2) is 0 Å². The van der Waals surface area contributed by atoms with E-state index in [9.17, 15) is 14.0 Å². The Morgan fingerprint density at radius 3 is 2.32 bits per heavy atom. The molecule has 7 nitrogen and oxygen atoms in total. The summed E-state index contributed by atoms with van der Waals surface area (Å²) in [6.45, 7) is 0.279. The minimum absolute atomic E-state index is 0.118. The molecule has 8 heteroatoms. The van der Waals surface area contributed by atoms with Gasteiger partial charge in [0.1, 0.15) is 5.82 Å². The van der Waals surface area contributed by atoms with E-state index in [1.165, 1.54) is 24.5 Å². The summed E-state index contributed by atoms with van der Waals surface area (Å²) in [5.74, 6) is -1.26. The molecule has 1 aromatic heterocycles. The van der Waals surface area contributed by atoms with E-state index in [0.717, 1.165) is 5.56 Å². The van der Waals surface area contributed by atoms with Gasteiger partial charge in [-0.15, -0.1) is 0 Å². The molecule has 25 heavy (non-hydrogen) atoms. The van der Waals surface area contributed by atoms with Gasteiger partial charge in [0.25, 0.3) is 5.91 Å². The van der Waals surface area contributed by atoms with Crippen molar-refractivity contribution in [3.63, 3.8) is 0 Å². The summed E-state index contributed by atoms with van der Waals surface area (Å²) in [5, 5.41) is 5.08. The van der Waals surface area contributed by atoms with E-state index in [-0.39, 0.29) is 12.1 Å². The predicted octanol–water partition coefficient (Wildman–Crippen LogP) is 2.19. The lowest BCUT2D eigenvalue weighted by Gasteiger charge is -2.08. The fourth-order valence-electron chi connectivity index (χ4n) is 2.25. The molecule has 0 aliphatic carbocycles. The molecule has 0 saturated heterocycles. The number of nitrogens with one attached hydrogen (secondary N) is 2. The highest BCUT2D eigenvalue weighted by Gasteiger charge is 2.14. The van der Waals surface area contributed by atoms with Gasteiger partial charge in [0.05, 0.1) is 16.6 Å². The third kappa shape index (κ3) is 3.86. The second kappa shape index (κ2) is 6.91. The molecular weight excluding hydrogens is 325 g/mol. The summed E-state index contributed by atoms with van der Waals surface area (Å²) in [4.78, 5) is 31.0. The Morgan fingerprint density at radius 1 is 1.04 bits per heavy atom. The first-order valence-corrected chi connectivity index (χ1v) is 7.37. The van der Waals surface area contributed by atoms with Crippen LogP contribution in [-0.4, -0.2) is 21.9 Å². The molecular formula is C17H14FN5O2. The van der Waals surface area contributed by atoms with Gasteiger partial charge in [-0.1, -0.05) is 12.1 Å². The minimum Gasteiger partial charge on any atom is -0.352 e. The van der Waals surface area contributed by atoms with E-state index in [1.54, 1.807) is 24.3 Å². The number of hydrogen-bond donors (Lipinski definition) is 3. The zero-order valence-corrected chi connectivity index (χ0v) is 13.0. The number of benzene rings is 2. The number of fused-ring (bicyclic) bond motifs is 1. The van der Waals surface area contributed by atoms with Crippen molar-refractivity contribution in [2.75, 3.05) is 5.32 Å². The monoisotopic (exact) mass is 339 g/mol. The number of amides is 3. The second-order valence-electron chi connectivity index (χ2n) is 5.25. The standard InChI is InChI=1S/C17H14FN5O2/c18-13-8-15-14(20-5-6-21-15)7-12(13)16(24)23-11-3-1-10(2-4-11)9-22-17(19)25/h1-8H,9H2,(H,23,24)(H3,19,22,25). The molecule has 0 fully saturated rings. The highest BCUT2D eigenvalue weighted by Crippen LogP contribution is 2.18. The van der Waals surface area contributed by atoms with Crippen LogP contribution >= 0.6 is 0 Å². The summed E-state index contributed by atoms with van der Waals surface area (Å²) in [6.07, 6.45) is 2.93. The summed E-state index contributed by atoms with van der Waals surface area (Å²) in [7, 11) is 0. The van der Waals surface area contributed by atoms with Crippen LogP contribution in [0.25, 0.3) is 11.0 Å². The van der Waals surface area contributed by atoms with Crippen LogP contribution in [0.15, 0.2) is 48.8 Å². The largest absolute Gasteiger partial charge is 0.352 e. The van der Waals surface area contributed by atoms with Crippen LogP contribution < -0.4 is 16.4 Å². The molecule has 0 bridgehead atoms. The third-order valence-corrected chi connectivity index (χ3v) is 3.48. The first-order chi connectivity index (χ1) is 12.0. The zero-order chi connectivity index (χ0) is 17.8. The van der Waals surface area contributed by atoms with E-state index in [4.69, 9.17) is 5.73 Å². The van der Waals surface area contributed by atoms with Crippen molar-refractivity contribution in [3.8, 4) is 0 Å². The molecule has 0 aliphatic heterocycles. The number of aromatic nitrogens is 2. The molecule has 0 aliphatic rings. The Bertz CT molecular complexity index is 943. The summed E-state index contributed by atoms with van der Waals surface area (Å²) in [6, 6.07) is 8.64. The number of nitrogens with two attached hydrogens (primary N) is 1. The lowest BCUT2D eigenvalue weighted by atomic mass is 10.1. The van der Waals surface area contributed by atoms with Gasteiger partial charge in [0.2, 0.25) is 0 Å². The predicted molar refractivity (Wildman–Crippen MR) is 90.3 cm³/mol. The fourth-order valence-corrected chi connectivity index (χ4v) is 2.25. The van der Waals surface area contributed by atoms with Crippen LogP contribution in [0.5, 0.6) is 0 Å². The quantitative estimate of drug-likeness (QED) is 0.676.